The van der Waals surface area contributed by atoms with Gasteiger partial charge < -0.3 is 15.7 Å². The van der Waals surface area contributed by atoms with Crippen molar-refractivity contribution in [2.75, 3.05) is 18.0 Å². The van der Waals surface area contributed by atoms with Crippen molar-refractivity contribution >= 4 is 11.7 Å². The average molecular weight is 234 g/mol. The molecule has 1 unspecified atom stereocenters. The highest BCUT2D eigenvalue weighted by molar-refractivity contribution is 5.68. The number of carboxylic acid groups (broad SMARTS) is 1. The van der Waals surface area contributed by atoms with Gasteiger partial charge in [-0.05, 0) is 30.5 Å². The molecule has 0 radical (unpaired) electrons. The number of fused-ring (bicyclic) bond motifs is 1. The van der Waals surface area contributed by atoms with Gasteiger partial charge in [0, 0.05) is 24.8 Å². The minimum atomic E-state index is -0.854. The van der Waals surface area contributed by atoms with Crippen molar-refractivity contribution in [2.24, 2.45) is 5.73 Å². The van der Waals surface area contributed by atoms with Crippen LogP contribution in [0.5, 0.6) is 0 Å². The van der Waals surface area contributed by atoms with E-state index in [1.54, 1.807) is 0 Å². The third-order valence-electron chi connectivity index (χ3n) is 3.30. The van der Waals surface area contributed by atoms with E-state index in [-0.39, 0.29) is 6.42 Å². The smallest absolute Gasteiger partial charge is 0.305 e. The molecule has 0 aliphatic carbocycles. The third kappa shape index (κ3) is 2.42. The maximum Gasteiger partial charge on any atom is 0.305 e. The van der Waals surface area contributed by atoms with E-state index in [1.807, 2.05) is 6.07 Å². The largest absolute Gasteiger partial charge is 0.481 e. The number of benzene rings is 1. The van der Waals surface area contributed by atoms with Crippen molar-refractivity contribution < 1.29 is 9.90 Å². The molecule has 4 heteroatoms. The molecule has 0 saturated heterocycles. The van der Waals surface area contributed by atoms with Crippen LogP contribution in [0.15, 0.2) is 18.2 Å². The number of anilines is 1. The van der Waals surface area contributed by atoms with Crippen LogP contribution in [0.4, 0.5) is 5.69 Å². The van der Waals surface area contributed by atoms with E-state index in [1.165, 1.54) is 11.3 Å². The second-order valence-corrected chi connectivity index (χ2v) is 4.42. The molecule has 1 aliphatic rings. The second kappa shape index (κ2) is 4.75. The number of aliphatic carboxylic acids is 1. The summed E-state index contributed by atoms with van der Waals surface area (Å²) >= 11 is 0. The van der Waals surface area contributed by atoms with Crippen LogP contribution in [0.2, 0.25) is 0 Å². The third-order valence-corrected chi connectivity index (χ3v) is 3.30. The lowest BCUT2D eigenvalue weighted by atomic mass is 10.0. The van der Waals surface area contributed by atoms with E-state index >= 15 is 0 Å². The van der Waals surface area contributed by atoms with Crippen molar-refractivity contribution in [1.82, 2.24) is 0 Å². The summed E-state index contributed by atoms with van der Waals surface area (Å²) in [4.78, 5) is 12.9. The van der Waals surface area contributed by atoms with Crippen LogP contribution < -0.4 is 10.6 Å². The number of likely N-dealkylation sites (N-methyl/N-ethyl adjacent to an activating group) is 1. The van der Waals surface area contributed by atoms with Gasteiger partial charge in [-0.25, -0.2) is 0 Å². The Morgan fingerprint density at radius 1 is 1.59 bits per heavy atom. The van der Waals surface area contributed by atoms with Crippen LogP contribution in [0.1, 0.15) is 30.5 Å². The first kappa shape index (κ1) is 11.9. The highest BCUT2D eigenvalue weighted by atomic mass is 16.4. The summed E-state index contributed by atoms with van der Waals surface area (Å²) in [7, 11) is 0. The fourth-order valence-electron chi connectivity index (χ4n) is 2.36. The number of rotatable bonds is 4. The minimum Gasteiger partial charge on any atom is -0.481 e. The van der Waals surface area contributed by atoms with Crippen molar-refractivity contribution in [2.45, 2.75) is 25.8 Å². The molecule has 1 atom stereocenters. The molecule has 1 aliphatic heterocycles. The van der Waals surface area contributed by atoms with Gasteiger partial charge in [0.05, 0.1) is 6.42 Å². The zero-order valence-corrected chi connectivity index (χ0v) is 10.0. The number of hydrogen-bond donors (Lipinski definition) is 2. The van der Waals surface area contributed by atoms with E-state index in [0.717, 1.165) is 25.1 Å². The molecule has 0 fully saturated rings. The highest BCUT2D eigenvalue weighted by Crippen LogP contribution is 2.30. The molecule has 1 aromatic carbocycles. The van der Waals surface area contributed by atoms with Crippen LogP contribution in [0.3, 0.4) is 0 Å². The zero-order chi connectivity index (χ0) is 12.4. The van der Waals surface area contributed by atoms with Crippen LogP contribution in [-0.2, 0) is 11.2 Å². The van der Waals surface area contributed by atoms with Crippen LogP contribution in [-0.4, -0.2) is 24.2 Å². The first-order chi connectivity index (χ1) is 8.11. The summed E-state index contributed by atoms with van der Waals surface area (Å²) in [6, 6.07) is 5.65. The summed E-state index contributed by atoms with van der Waals surface area (Å²) in [6.45, 7) is 4.19. The molecule has 0 bridgehead atoms. The van der Waals surface area contributed by atoms with Gasteiger partial charge in [0.2, 0.25) is 0 Å². The van der Waals surface area contributed by atoms with Crippen molar-refractivity contribution in [3.8, 4) is 0 Å². The van der Waals surface area contributed by atoms with E-state index in [4.69, 9.17) is 10.8 Å². The number of carboxylic acids is 1. The van der Waals surface area contributed by atoms with Gasteiger partial charge >= 0.3 is 5.97 Å². The lowest BCUT2D eigenvalue weighted by Crippen LogP contribution is -2.19. The predicted molar refractivity (Wildman–Crippen MR) is 67.2 cm³/mol. The van der Waals surface area contributed by atoms with Gasteiger partial charge in [0.1, 0.15) is 0 Å². The molecule has 0 spiro atoms. The van der Waals surface area contributed by atoms with Crippen molar-refractivity contribution in [1.29, 1.82) is 0 Å². The second-order valence-electron chi connectivity index (χ2n) is 4.42. The van der Waals surface area contributed by atoms with Crippen molar-refractivity contribution in [3.05, 3.63) is 29.3 Å². The lowest BCUT2D eigenvalue weighted by molar-refractivity contribution is -0.137. The molecular weight excluding hydrogens is 216 g/mol. The Labute approximate surface area is 101 Å². The van der Waals surface area contributed by atoms with E-state index < -0.39 is 12.0 Å². The number of nitrogens with zero attached hydrogens (tertiary/aromatic N) is 1. The Balaban J connectivity index is 2.20. The summed E-state index contributed by atoms with van der Waals surface area (Å²) in [5.74, 6) is -0.854. The number of carbonyl (C=O) groups is 1. The van der Waals surface area contributed by atoms with Crippen LogP contribution in [0.25, 0.3) is 0 Å². The van der Waals surface area contributed by atoms with Crippen LogP contribution >= 0.6 is 0 Å². The Bertz CT molecular complexity index is 431. The number of nitrogens with two attached hydrogens (primary N) is 1. The molecule has 0 amide bonds. The summed E-state index contributed by atoms with van der Waals surface area (Å²) < 4.78 is 0. The molecule has 4 nitrogen and oxygen atoms in total. The zero-order valence-electron chi connectivity index (χ0n) is 10.0. The van der Waals surface area contributed by atoms with Crippen LogP contribution in [0, 0.1) is 0 Å². The molecule has 3 N–H and O–H groups in total. The lowest BCUT2D eigenvalue weighted by Gasteiger charge is -2.17. The quantitative estimate of drug-likeness (QED) is 0.829. The topological polar surface area (TPSA) is 66.6 Å². The van der Waals surface area contributed by atoms with E-state index in [2.05, 4.69) is 24.0 Å². The summed E-state index contributed by atoms with van der Waals surface area (Å²) in [6.07, 6.45) is 1.01. The Morgan fingerprint density at radius 3 is 3.00 bits per heavy atom. The Hall–Kier alpha value is -1.55. The van der Waals surface area contributed by atoms with E-state index in [9.17, 15) is 4.79 Å². The summed E-state index contributed by atoms with van der Waals surface area (Å²) in [5, 5.41) is 8.73. The Kier molecular flexibility index (Phi) is 3.33. The molecule has 0 aromatic heterocycles. The standard InChI is InChI=1S/C13H18N2O2/c1-2-15-6-5-10-7-9(3-4-12(10)15)11(14)8-13(16)17/h3-4,7,11H,2,5-6,8,14H2,1H3,(H,16,17). The van der Waals surface area contributed by atoms with Gasteiger partial charge in [-0.2, -0.15) is 0 Å². The molecule has 92 valence electrons. The first-order valence-corrected chi connectivity index (χ1v) is 5.97. The average Bonchev–Trinajstić information content (AvgIpc) is 2.69. The normalized spacial score (nSPS) is 15.8. The molecule has 0 saturated carbocycles. The Morgan fingerprint density at radius 2 is 2.35 bits per heavy atom. The molecule has 17 heavy (non-hydrogen) atoms. The number of hydrogen-bond acceptors (Lipinski definition) is 3. The maximum atomic E-state index is 10.6. The highest BCUT2D eigenvalue weighted by Gasteiger charge is 2.19. The molecular formula is C13H18N2O2. The molecule has 1 heterocycles. The molecule has 2 rings (SSSR count). The van der Waals surface area contributed by atoms with Gasteiger partial charge in [0.15, 0.2) is 0 Å². The maximum absolute atomic E-state index is 10.6. The SMILES string of the molecule is CCN1CCc2cc(C(N)CC(=O)O)ccc21. The summed E-state index contributed by atoms with van der Waals surface area (Å²) in [5.41, 5.74) is 9.33. The predicted octanol–water partition coefficient (Wildman–Crippen LogP) is 1.54. The fourth-order valence-corrected chi connectivity index (χ4v) is 2.36. The van der Waals surface area contributed by atoms with Gasteiger partial charge in [0.25, 0.3) is 0 Å². The minimum absolute atomic E-state index is 0.0176. The van der Waals surface area contributed by atoms with E-state index in [0.29, 0.717) is 0 Å². The van der Waals surface area contributed by atoms with Gasteiger partial charge in [-0.3, -0.25) is 4.79 Å². The fraction of sp³-hybridized carbons (Fsp3) is 0.462. The van der Waals surface area contributed by atoms with Crippen molar-refractivity contribution in [3.63, 3.8) is 0 Å². The monoisotopic (exact) mass is 234 g/mol. The first-order valence-electron chi connectivity index (χ1n) is 5.97. The molecule has 1 aromatic rings. The van der Waals surface area contributed by atoms with Gasteiger partial charge in [-0.15, -0.1) is 0 Å². The van der Waals surface area contributed by atoms with Gasteiger partial charge in [-0.1, -0.05) is 12.1 Å².